The van der Waals surface area contributed by atoms with E-state index in [9.17, 15) is 24.5 Å². The fourth-order valence-electron chi connectivity index (χ4n) is 4.13. The van der Waals surface area contributed by atoms with E-state index in [1.807, 2.05) is 0 Å². The predicted molar refractivity (Wildman–Crippen MR) is 123 cm³/mol. The lowest BCUT2D eigenvalue weighted by atomic mass is 9.81. The van der Waals surface area contributed by atoms with Crippen molar-refractivity contribution >= 4 is 61.0 Å². The molecule has 2 aromatic rings. The van der Waals surface area contributed by atoms with Crippen LogP contribution in [-0.4, -0.2) is 32.4 Å². The van der Waals surface area contributed by atoms with E-state index >= 15 is 0 Å². The van der Waals surface area contributed by atoms with Crippen LogP contribution in [0.2, 0.25) is 0 Å². The number of ether oxygens (including phenoxy) is 1. The Kier molecular flexibility index (Phi) is 6.43. The molecule has 4 atom stereocenters. The molecule has 4 rings (SSSR count). The number of nitro benzene ring substituents is 1. The second-order valence-electron chi connectivity index (χ2n) is 7.74. The average molecular weight is 566 g/mol. The Labute approximate surface area is 200 Å². The van der Waals surface area contributed by atoms with Crippen LogP contribution in [0.3, 0.4) is 0 Å². The number of imide groups is 1. The molecule has 0 aromatic heterocycles. The molecule has 1 aliphatic carbocycles. The van der Waals surface area contributed by atoms with Crippen LogP contribution in [0.1, 0.15) is 28.8 Å². The molecule has 32 heavy (non-hydrogen) atoms. The van der Waals surface area contributed by atoms with Crippen molar-refractivity contribution in [3.8, 4) is 0 Å². The van der Waals surface area contributed by atoms with Crippen LogP contribution in [0, 0.1) is 22.0 Å². The molecule has 2 fully saturated rings. The molecular formula is C22H18Br2N2O6. The number of amides is 2. The van der Waals surface area contributed by atoms with Crippen molar-refractivity contribution in [1.82, 2.24) is 0 Å². The number of anilines is 1. The van der Waals surface area contributed by atoms with Gasteiger partial charge in [-0.2, -0.15) is 0 Å². The number of rotatable bonds is 5. The van der Waals surface area contributed by atoms with Crippen LogP contribution in [0.5, 0.6) is 0 Å². The largest absolute Gasteiger partial charge is 0.457 e. The Morgan fingerprint density at radius 1 is 1.00 bits per heavy atom. The topological polar surface area (TPSA) is 107 Å². The van der Waals surface area contributed by atoms with E-state index in [2.05, 4.69) is 31.9 Å². The quantitative estimate of drug-likeness (QED) is 0.175. The van der Waals surface area contributed by atoms with Crippen molar-refractivity contribution < 1.29 is 24.0 Å². The number of nitro groups is 1. The average Bonchev–Trinajstić information content (AvgIpc) is 3.02. The number of para-hydroxylation sites is 1. The summed E-state index contributed by atoms with van der Waals surface area (Å²) in [6.45, 7) is -0.244. The number of fused-ring (bicyclic) bond motifs is 1. The second kappa shape index (κ2) is 9.11. The van der Waals surface area contributed by atoms with Gasteiger partial charge in [0.25, 0.3) is 5.69 Å². The first-order chi connectivity index (χ1) is 15.3. The van der Waals surface area contributed by atoms with E-state index in [0.29, 0.717) is 18.5 Å². The van der Waals surface area contributed by atoms with Gasteiger partial charge in [-0.3, -0.25) is 24.6 Å². The first kappa shape index (κ1) is 22.6. The zero-order valence-corrected chi connectivity index (χ0v) is 19.8. The molecular weight excluding hydrogens is 548 g/mol. The summed E-state index contributed by atoms with van der Waals surface area (Å²) in [4.78, 5) is 50.2. The van der Waals surface area contributed by atoms with Gasteiger partial charge in [0.05, 0.1) is 33.6 Å². The minimum atomic E-state index is -0.660. The molecule has 0 unspecified atom stereocenters. The number of halogens is 2. The van der Waals surface area contributed by atoms with E-state index in [-0.39, 0.29) is 56.7 Å². The summed E-state index contributed by atoms with van der Waals surface area (Å²) in [5.74, 6) is -1.82. The molecule has 2 aromatic carbocycles. The van der Waals surface area contributed by atoms with Gasteiger partial charge in [0.15, 0.2) is 0 Å². The van der Waals surface area contributed by atoms with Crippen LogP contribution >= 0.6 is 31.9 Å². The summed E-state index contributed by atoms with van der Waals surface area (Å²) in [5.41, 5.74) is 0.778. The van der Waals surface area contributed by atoms with E-state index in [1.54, 1.807) is 6.07 Å². The molecule has 0 bridgehead atoms. The molecule has 1 aliphatic heterocycles. The number of alkyl halides is 2. The lowest BCUT2D eigenvalue weighted by Crippen LogP contribution is -2.34. The highest BCUT2D eigenvalue weighted by Gasteiger charge is 2.52. The maximum Gasteiger partial charge on any atom is 0.338 e. The van der Waals surface area contributed by atoms with Crippen LogP contribution in [0.4, 0.5) is 11.4 Å². The molecule has 2 aliphatic rings. The maximum absolute atomic E-state index is 12.9. The summed E-state index contributed by atoms with van der Waals surface area (Å²) in [6.07, 6.45) is 1.16. The van der Waals surface area contributed by atoms with Crippen molar-refractivity contribution in [2.75, 3.05) is 4.90 Å². The third kappa shape index (κ3) is 4.21. The highest BCUT2D eigenvalue weighted by Crippen LogP contribution is 2.44. The Balaban J connectivity index is 1.45. The first-order valence-corrected chi connectivity index (χ1v) is 11.8. The number of nitrogens with zero attached hydrogens (tertiary/aromatic N) is 2. The fraction of sp³-hybridized carbons (Fsp3) is 0.318. The van der Waals surface area contributed by atoms with Crippen molar-refractivity contribution in [2.45, 2.75) is 29.1 Å². The van der Waals surface area contributed by atoms with Gasteiger partial charge in [0.2, 0.25) is 11.8 Å². The molecule has 166 valence electrons. The zero-order chi connectivity index (χ0) is 23.0. The second-order valence-corrected chi connectivity index (χ2v) is 10.1. The predicted octanol–water partition coefficient (Wildman–Crippen LogP) is 4.38. The lowest BCUT2D eigenvalue weighted by Gasteiger charge is -2.29. The molecule has 1 heterocycles. The van der Waals surface area contributed by atoms with Gasteiger partial charge in [0, 0.05) is 15.7 Å². The fourth-order valence-corrected chi connectivity index (χ4v) is 5.37. The minimum Gasteiger partial charge on any atom is -0.457 e. The molecule has 10 heteroatoms. The van der Waals surface area contributed by atoms with Crippen LogP contribution in [-0.2, 0) is 20.9 Å². The minimum absolute atomic E-state index is 0.123. The maximum atomic E-state index is 12.9. The third-order valence-electron chi connectivity index (χ3n) is 5.82. The van der Waals surface area contributed by atoms with Crippen LogP contribution in [0.15, 0.2) is 48.5 Å². The van der Waals surface area contributed by atoms with Crippen LogP contribution < -0.4 is 4.90 Å². The number of carbonyl (C=O) groups is 3. The van der Waals surface area contributed by atoms with Gasteiger partial charge >= 0.3 is 5.97 Å². The number of hydrogen-bond acceptors (Lipinski definition) is 6. The highest BCUT2D eigenvalue weighted by atomic mass is 79.9. The van der Waals surface area contributed by atoms with Crippen LogP contribution in [0.25, 0.3) is 0 Å². The molecule has 1 saturated heterocycles. The summed E-state index contributed by atoms with van der Waals surface area (Å²) in [5, 5.41) is 11.1. The smallest absolute Gasteiger partial charge is 0.338 e. The number of hydrogen-bond donors (Lipinski definition) is 0. The van der Waals surface area contributed by atoms with Gasteiger partial charge in [-0.25, -0.2) is 4.79 Å². The number of carbonyl (C=O) groups excluding carboxylic acids is 3. The monoisotopic (exact) mass is 564 g/mol. The van der Waals surface area contributed by atoms with E-state index in [4.69, 9.17) is 4.74 Å². The SMILES string of the molecule is O=C(OCc1ccccc1[N+](=O)[O-])c1ccc(N2C(=O)[C@@H]3C[C@@H](Br)[C@@H](Br)C[C@H]3C2=O)cc1. The number of esters is 1. The Bertz CT molecular complexity index is 1060. The van der Waals surface area contributed by atoms with E-state index in [0.717, 1.165) is 0 Å². The Hall–Kier alpha value is -2.59. The summed E-state index contributed by atoms with van der Waals surface area (Å²) in [7, 11) is 0. The van der Waals surface area contributed by atoms with Crippen molar-refractivity contribution in [2.24, 2.45) is 11.8 Å². The Morgan fingerprint density at radius 2 is 1.56 bits per heavy atom. The third-order valence-corrected chi connectivity index (χ3v) is 8.55. The molecule has 0 radical (unpaired) electrons. The number of benzene rings is 2. The highest BCUT2D eigenvalue weighted by molar-refractivity contribution is 9.12. The van der Waals surface area contributed by atoms with Crippen molar-refractivity contribution in [3.05, 3.63) is 69.8 Å². The molecule has 8 nitrogen and oxygen atoms in total. The molecule has 0 N–H and O–H groups in total. The molecule has 0 spiro atoms. The summed E-state index contributed by atoms with van der Waals surface area (Å²) in [6, 6.07) is 12.0. The van der Waals surface area contributed by atoms with Gasteiger partial charge < -0.3 is 4.74 Å². The zero-order valence-electron chi connectivity index (χ0n) is 16.6. The Morgan fingerprint density at radius 3 is 2.12 bits per heavy atom. The lowest BCUT2D eigenvalue weighted by molar-refractivity contribution is -0.385. The van der Waals surface area contributed by atoms with Crippen molar-refractivity contribution in [1.29, 1.82) is 0 Å². The van der Waals surface area contributed by atoms with E-state index < -0.39 is 10.9 Å². The van der Waals surface area contributed by atoms with Gasteiger partial charge in [-0.1, -0.05) is 44.0 Å². The van der Waals surface area contributed by atoms with E-state index in [1.165, 1.54) is 47.4 Å². The normalized spacial score (nSPS) is 24.9. The van der Waals surface area contributed by atoms with Gasteiger partial charge in [-0.05, 0) is 43.2 Å². The standard InChI is InChI=1S/C22H18Br2N2O6/c23-17-9-15-16(10-18(17)24)21(28)25(20(15)27)14-7-5-12(6-8-14)22(29)32-11-13-3-1-2-4-19(13)26(30)31/h1-8,15-18H,9-11H2/t15-,16-,17-,18+/m1/s1. The molecule has 2 amide bonds. The molecule has 1 saturated carbocycles. The van der Waals surface area contributed by atoms with Gasteiger partial charge in [0.1, 0.15) is 6.61 Å². The van der Waals surface area contributed by atoms with Crippen molar-refractivity contribution in [3.63, 3.8) is 0 Å². The first-order valence-electron chi connectivity index (χ1n) is 9.93. The van der Waals surface area contributed by atoms with Gasteiger partial charge in [-0.15, -0.1) is 0 Å². The summed E-state index contributed by atoms with van der Waals surface area (Å²) < 4.78 is 5.21. The summed E-state index contributed by atoms with van der Waals surface area (Å²) >= 11 is 7.13.